The van der Waals surface area contributed by atoms with Crippen molar-refractivity contribution < 1.29 is 13.2 Å². The maximum Gasteiger partial charge on any atom is 0.245 e. The Kier molecular flexibility index (Phi) is 5.16. The highest BCUT2D eigenvalue weighted by Crippen LogP contribution is 2.23. The van der Waals surface area contributed by atoms with Crippen molar-refractivity contribution in [2.24, 2.45) is 0 Å². The predicted molar refractivity (Wildman–Crippen MR) is 81.3 cm³/mol. The van der Waals surface area contributed by atoms with Crippen molar-refractivity contribution in [3.05, 3.63) is 29.8 Å². The summed E-state index contributed by atoms with van der Waals surface area (Å²) < 4.78 is 25.4. The van der Waals surface area contributed by atoms with Crippen molar-refractivity contribution in [2.75, 3.05) is 24.7 Å². The van der Waals surface area contributed by atoms with Gasteiger partial charge in [-0.05, 0) is 25.5 Å². The first-order valence-electron chi connectivity index (χ1n) is 6.45. The molecule has 0 saturated heterocycles. The molecular weight excluding hydrogens is 276 g/mol. The number of rotatable bonds is 5. The van der Waals surface area contributed by atoms with Gasteiger partial charge in [0.05, 0.1) is 11.9 Å². The van der Waals surface area contributed by atoms with Gasteiger partial charge in [-0.2, -0.15) is 0 Å². The largest absolute Gasteiger partial charge is 0.347 e. The van der Waals surface area contributed by atoms with Crippen LogP contribution in [0.15, 0.2) is 24.3 Å². The lowest BCUT2D eigenvalue weighted by atomic mass is 10.1. The van der Waals surface area contributed by atoms with E-state index in [0.717, 1.165) is 11.8 Å². The second-order valence-corrected chi connectivity index (χ2v) is 6.91. The standard InChI is InChI=1S/C14H22N2O3S/c1-6-13(14(17)15(3)4)16(20(5,18)19)12-9-7-11(2)8-10-12/h7-10,13H,6H2,1-5H3/t13-/m1/s1. The summed E-state index contributed by atoms with van der Waals surface area (Å²) in [6.45, 7) is 3.73. The van der Waals surface area contributed by atoms with Crippen LogP contribution in [0.4, 0.5) is 5.69 Å². The first kappa shape index (κ1) is 16.5. The SMILES string of the molecule is CC[C@H](C(=O)N(C)C)N(c1ccc(C)cc1)S(C)(=O)=O. The predicted octanol–water partition coefficient (Wildman–Crippen LogP) is 1.63. The molecule has 0 radical (unpaired) electrons. The molecule has 112 valence electrons. The highest BCUT2D eigenvalue weighted by Gasteiger charge is 2.32. The molecule has 0 aromatic heterocycles. The van der Waals surface area contributed by atoms with Crippen LogP contribution in [-0.4, -0.2) is 45.6 Å². The summed E-state index contributed by atoms with van der Waals surface area (Å²) in [6.07, 6.45) is 1.54. The summed E-state index contributed by atoms with van der Waals surface area (Å²) in [6, 6.07) is 6.40. The van der Waals surface area contributed by atoms with Gasteiger partial charge in [-0.25, -0.2) is 8.42 Å². The second-order valence-electron chi connectivity index (χ2n) is 5.05. The Balaban J connectivity index is 3.32. The van der Waals surface area contributed by atoms with Crippen LogP contribution in [0, 0.1) is 6.92 Å². The van der Waals surface area contributed by atoms with Gasteiger partial charge in [-0.15, -0.1) is 0 Å². The Morgan fingerprint density at radius 3 is 2.05 bits per heavy atom. The molecule has 5 nitrogen and oxygen atoms in total. The molecule has 0 bridgehead atoms. The zero-order valence-corrected chi connectivity index (χ0v) is 13.4. The van der Waals surface area contributed by atoms with Crippen LogP contribution in [0.25, 0.3) is 0 Å². The van der Waals surface area contributed by atoms with Crippen molar-refractivity contribution in [2.45, 2.75) is 26.3 Å². The van der Waals surface area contributed by atoms with Gasteiger partial charge in [0.2, 0.25) is 15.9 Å². The van der Waals surface area contributed by atoms with E-state index in [1.165, 1.54) is 9.21 Å². The Bertz CT molecular complexity index is 565. The van der Waals surface area contributed by atoms with Gasteiger partial charge in [0.25, 0.3) is 0 Å². The van der Waals surface area contributed by atoms with Crippen LogP contribution in [0.3, 0.4) is 0 Å². The summed E-state index contributed by atoms with van der Waals surface area (Å²) in [5.74, 6) is -0.224. The van der Waals surface area contributed by atoms with E-state index < -0.39 is 16.1 Å². The highest BCUT2D eigenvalue weighted by atomic mass is 32.2. The maximum atomic E-state index is 12.2. The molecule has 1 amide bonds. The molecule has 6 heteroatoms. The fourth-order valence-corrected chi connectivity index (χ4v) is 3.24. The molecule has 0 heterocycles. The monoisotopic (exact) mass is 298 g/mol. The van der Waals surface area contributed by atoms with E-state index in [1.54, 1.807) is 33.2 Å². The number of amides is 1. The minimum absolute atomic E-state index is 0.224. The summed E-state index contributed by atoms with van der Waals surface area (Å²) in [4.78, 5) is 13.6. The number of carbonyl (C=O) groups is 1. The Hall–Kier alpha value is -1.56. The average molecular weight is 298 g/mol. The van der Waals surface area contributed by atoms with Gasteiger partial charge < -0.3 is 4.90 Å². The number of benzene rings is 1. The molecular formula is C14H22N2O3S. The van der Waals surface area contributed by atoms with E-state index in [9.17, 15) is 13.2 Å². The van der Waals surface area contributed by atoms with Crippen molar-refractivity contribution in [1.82, 2.24) is 4.90 Å². The molecule has 0 N–H and O–H groups in total. The normalized spacial score (nSPS) is 12.8. The van der Waals surface area contributed by atoms with E-state index in [4.69, 9.17) is 0 Å². The first-order chi connectivity index (χ1) is 9.18. The van der Waals surface area contributed by atoms with Crippen LogP contribution in [0.1, 0.15) is 18.9 Å². The van der Waals surface area contributed by atoms with Crippen molar-refractivity contribution in [3.63, 3.8) is 0 Å². The minimum Gasteiger partial charge on any atom is -0.347 e. The van der Waals surface area contributed by atoms with Crippen LogP contribution in [0.5, 0.6) is 0 Å². The molecule has 1 aromatic rings. The van der Waals surface area contributed by atoms with E-state index in [2.05, 4.69) is 0 Å². The molecule has 0 saturated carbocycles. The molecule has 0 spiro atoms. The van der Waals surface area contributed by atoms with Crippen molar-refractivity contribution >= 4 is 21.6 Å². The third kappa shape index (κ3) is 3.72. The number of hydrogen-bond acceptors (Lipinski definition) is 3. The van der Waals surface area contributed by atoms with Gasteiger partial charge in [0, 0.05) is 14.1 Å². The lowest BCUT2D eigenvalue weighted by Crippen LogP contribution is -2.48. The van der Waals surface area contributed by atoms with Crippen molar-refractivity contribution in [3.8, 4) is 0 Å². The molecule has 1 atom stereocenters. The first-order valence-corrected chi connectivity index (χ1v) is 8.30. The van der Waals surface area contributed by atoms with Gasteiger partial charge in [-0.1, -0.05) is 24.6 Å². The summed E-state index contributed by atoms with van der Waals surface area (Å²) in [7, 11) is -0.284. The van der Waals surface area contributed by atoms with Gasteiger partial charge in [-0.3, -0.25) is 9.10 Å². The quantitative estimate of drug-likeness (QED) is 0.830. The Morgan fingerprint density at radius 1 is 1.20 bits per heavy atom. The highest BCUT2D eigenvalue weighted by molar-refractivity contribution is 7.92. The molecule has 1 rings (SSSR count). The Morgan fingerprint density at radius 2 is 1.70 bits per heavy atom. The molecule has 0 aliphatic rings. The fraction of sp³-hybridized carbons (Fsp3) is 0.500. The van der Waals surface area contributed by atoms with Crippen molar-refractivity contribution in [1.29, 1.82) is 0 Å². The van der Waals surface area contributed by atoms with Gasteiger partial charge >= 0.3 is 0 Å². The summed E-state index contributed by atoms with van der Waals surface area (Å²) in [5.41, 5.74) is 1.55. The zero-order valence-electron chi connectivity index (χ0n) is 12.6. The lowest BCUT2D eigenvalue weighted by molar-refractivity contribution is -0.129. The second kappa shape index (κ2) is 6.26. The fourth-order valence-electron chi connectivity index (χ4n) is 2.03. The Labute approximate surface area is 121 Å². The van der Waals surface area contributed by atoms with Crippen LogP contribution in [-0.2, 0) is 14.8 Å². The average Bonchev–Trinajstić information content (AvgIpc) is 2.35. The third-order valence-electron chi connectivity index (χ3n) is 3.04. The molecule has 0 aliphatic heterocycles. The molecule has 0 aliphatic carbocycles. The zero-order chi connectivity index (χ0) is 15.5. The number of anilines is 1. The maximum absolute atomic E-state index is 12.2. The van der Waals surface area contributed by atoms with E-state index in [1.807, 2.05) is 19.1 Å². The number of nitrogens with zero attached hydrogens (tertiary/aromatic N) is 2. The minimum atomic E-state index is -3.53. The smallest absolute Gasteiger partial charge is 0.245 e. The van der Waals surface area contributed by atoms with E-state index in [-0.39, 0.29) is 5.91 Å². The van der Waals surface area contributed by atoms with Crippen LogP contribution in [0.2, 0.25) is 0 Å². The van der Waals surface area contributed by atoms with Crippen LogP contribution >= 0.6 is 0 Å². The summed E-state index contributed by atoms with van der Waals surface area (Å²) >= 11 is 0. The number of aryl methyl sites for hydroxylation is 1. The third-order valence-corrected chi connectivity index (χ3v) is 4.22. The number of hydrogen-bond donors (Lipinski definition) is 0. The summed E-state index contributed by atoms with van der Waals surface area (Å²) in [5, 5.41) is 0. The van der Waals surface area contributed by atoms with Gasteiger partial charge in [0.15, 0.2) is 0 Å². The van der Waals surface area contributed by atoms with Crippen LogP contribution < -0.4 is 4.31 Å². The molecule has 20 heavy (non-hydrogen) atoms. The number of carbonyl (C=O) groups excluding carboxylic acids is 1. The van der Waals surface area contributed by atoms with E-state index >= 15 is 0 Å². The lowest BCUT2D eigenvalue weighted by Gasteiger charge is -2.31. The van der Waals surface area contributed by atoms with E-state index in [0.29, 0.717) is 12.1 Å². The topological polar surface area (TPSA) is 57.7 Å². The molecule has 1 aromatic carbocycles. The molecule has 0 unspecified atom stereocenters. The van der Waals surface area contributed by atoms with Gasteiger partial charge in [0.1, 0.15) is 6.04 Å². The molecule has 0 fully saturated rings. The number of sulfonamides is 1. The number of likely N-dealkylation sites (N-methyl/N-ethyl adjacent to an activating group) is 1.